The molecule has 4 bridgehead atoms. The topological polar surface area (TPSA) is 115 Å². The van der Waals surface area contributed by atoms with Gasteiger partial charge >= 0.3 is 6.03 Å². The van der Waals surface area contributed by atoms with Crippen molar-refractivity contribution < 1.29 is 14.3 Å². The summed E-state index contributed by atoms with van der Waals surface area (Å²) in [6, 6.07) is 5.21. The quantitative estimate of drug-likeness (QED) is 0.605. The van der Waals surface area contributed by atoms with E-state index in [0.29, 0.717) is 29.5 Å². The molecular weight excluding hydrogens is 374 g/mol. The molecule has 1 aliphatic carbocycles. The average Bonchev–Trinajstić information content (AvgIpc) is 3.13. The molecule has 29 heavy (non-hydrogen) atoms. The molecule has 10 heteroatoms. The van der Waals surface area contributed by atoms with Crippen LogP contribution in [0.25, 0.3) is 11.2 Å². The summed E-state index contributed by atoms with van der Waals surface area (Å²) < 4.78 is 12.8. The van der Waals surface area contributed by atoms with Crippen molar-refractivity contribution in [1.29, 1.82) is 0 Å². The van der Waals surface area contributed by atoms with Crippen LogP contribution >= 0.6 is 0 Å². The number of anilines is 3. The van der Waals surface area contributed by atoms with Gasteiger partial charge in [0.1, 0.15) is 17.7 Å². The van der Waals surface area contributed by atoms with Gasteiger partial charge in [0.2, 0.25) is 5.88 Å². The molecule has 0 saturated heterocycles. The zero-order valence-corrected chi connectivity index (χ0v) is 16.1. The maximum atomic E-state index is 12.8. The van der Waals surface area contributed by atoms with Gasteiger partial charge in [0.15, 0.2) is 5.65 Å². The molecule has 0 spiro atoms. The highest BCUT2D eigenvalue weighted by Gasteiger charge is 2.34. The Morgan fingerprint density at radius 1 is 1.28 bits per heavy atom. The minimum Gasteiger partial charge on any atom is -0.481 e. The Labute approximate surface area is 166 Å². The van der Waals surface area contributed by atoms with Crippen LogP contribution in [0.5, 0.6) is 5.88 Å². The highest BCUT2D eigenvalue weighted by molar-refractivity contribution is 5.94. The summed E-state index contributed by atoms with van der Waals surface area (Å²) in [5.41, 5.74) is 3.35. The summed E-state index contributed by atoms with van der Waals surface area (Å²) in [5.74, 6) is 1.05. The molecule has 1 amide bonds. The first kappa shape index (κ1) is 17.7. The summed E-state index contributed by atoms with van der Waals surface area (Å²) >= 11 is 0. The van der Waals surface area contributed by atoms with Gasteiger partial charge in [-0.25, -0.2) is 24.3 Å². The highest BCUT2D eigenvalue weighted by atomic mass is 16.5. The molecule has 10 nitrogen and oxygen atoms in total. The van der Waals surface area contributed by atoms with Crippen LogP contribution in [0.3, 0.4) is 0 Å². The lowest BCUT2D eigenvalue weighted by Crippen LogP contribution is -2.52. The lowest BCUT2D eigenvalue weighted by atomic mass is 9.89. The summed E-state index contributed by atoms with van der Waals surface area (Å²) in [6.07, 6.45) is 3.18. The van der Waals surface area contributed by atoms with E-state index in [0.717, 1.165) is 29.9 Å². The molecule has 3 N–H and O–H groups in total. The lowest BCUT2D eigenvalue weighted by molar-refractivity contribution is -0.0336. The minimum atomic E-state index is -0.270. The third-order valence-electron chi connectivity index (χ3n) is 5.29. The maximum Gasteiger partial charge on any atom is 0.328 e. The van der Waals surface area contributed by atoms with Crippen molar-refractivity contribution in [2.75, 3.05) is 24.8 Å². The smallest absolute Gasteiger partial charge is 0.328 e. The monoisotopic (exact) mass is 395 g/mol. The molecule has 0 unspecified atom stereocenters. The van der Waals surface area contributed by atoms with Gasteiger partial charge < -0.3 is 25.4 Å². The number of amides is 1. The zero-order chi connectivity index (χ0) is 20.0. The molecule has 3 aromatic heterocycles. The Bertz CT molecular complexity index is 1100. The predicted molar refractivity (Wildman–Crippen MR) is 107 cm³/mol. The fourth-order valence-electron chi connectivity index (χ4n) is 3.61. The van der Waals surface area contributed by atoms with E-state index >= 15 is 0 Å². The van der Waals surface area contributed by atoms with E-state index in [2.05, 4.69) is 30.9 Å². The van der Waals surface area contributed by atoms with Gasteiger partial charge in [-0.05, 0) is 18.9 Å². The first-order chi connectivity index (χ1) is 14.1. The van der Waals surface area contributed by atoms with Crippen LogP contribution in [0.1, 0.15) is 18.5 Å². The highest BCUT2D eigenvalue weighted by Crippen LogP contribution is 2.29. The van der Waals surface area contributed by atoms with E-state index in [-0.39, 0.29) is 18.2 Å². The molecule has 3 aromatic rings. The van der Waals surface area contributed by atoms with Crippen molar-refractivity contribution in [2.45, 2.75) is 31.6 Å². The second kappa shape index (κ2) is 6.89. The number of hydrogen-bond acceptors (Lipinski definition) is 8. The average molecular weight is 395 g/mol. The van der Waals surface area contributed by atoms with Crippen LogP contribution in [0.15, 0.2) is 24.5 Å². The number of ether oxygens (including phenoxy) is 2. The van der Waals surface area contributed by atoms with Crippen LogP contribution in [0, 0.1) is 0 Å². The number of nitrogens with zero attached hydrogens (tertiary/aromatic N) is 4. The van der Waals surface area contributed by atoms with Crippen molar-refractivity contribution in [1.82, 2.24) is 24.8 Å². The molecule has 1 saturated carbocycles. The molecule has 0 radical (unpaired) electrons. The third kappa shape index (κ3) is 3.11. The Balaban J connectivity index is 1.65. The van der Waals surface area contributed by atoms with Crippen LogP contribution in [0.2, 0.25) is 0 Å². The van der Waals surface area contributed by atoms with Gasteiger partial charge in [0.25, 0.3) is 0 Å². The number of imidazole rings is 1. The van der Waals surface area contributed by atoms with E-state index in [1.165, 1.54) is 10.9 Å². The minimum absolute atomic E-state index is 0.0574. The predicted octanol–water partition coefficient (Wildman–Crippen LogP) is 2.24. The number of nitrogens with one attached hydrogen (secondary N) is 3. The van der Waals surface area contributed by atoms with E-state index in [4.69, 9.17) is 9.47 Å². The largest absolute Gasteiger partial charge is 0.481 e. The van der Waals surface area contributed by atoms with Gasteiger partial charge in [-0.1, -0.05) is 0 Å². The normalized spacial score (nSPS) is 20.8. The fraction of sp³-hybridized carbons (Fsp3) is 0.368. The number of methoxy groups -OCH3 is 1. The molecule has 0 aromatic carbocycles. The van der Waals surface area contributed by atoms with Gasteiger partial charge in [0, 0.05) is 24.9 Å². The zero-order valence-electron chi connectivity index (χ0n) is 16.1. The number of rotatable bonds is 2. The number of carbonyl (C=O) groups is 1. The van der Waals surface area contributed by atoms with Gasteiger partial charge in [-0.2, -0.15) is 0 Å². The van der Waals surface area contributed by atoms with Gasteiger partial charge in [-0.15, -0.1) is 0 Å². The summed E-state index contributed by atoms with van der Waals surface area (Å²) in [7, 11) is 3.38. The van der Waals surface area contributed by atoms with Crippen molar-refractivity contribution in [3.05, 3.63) is 30.2 Å². The second-order valence-corrected chi connectivity index (χ2v) is 7.09. The number of aromatic nitrogens is 4. The van der Waals surface area contributed by atoms with Crippen LogP contribution in [-0.2, 0) is 11.3 Å². The van der Waals surface area contributed by atoms with E-state index in [1.54, 1.807) is 20.2 Å². The standard InChI is InChI=1S/C19H21N7O3/c1-20-13-7-15-22-10-5-11(23-16(6-10)28-2)8-29-14-4-3-12(14)24-19(27)26-9-21-17(13)18(26)25-15/h5-7,9,12,14H,3-4,8H2,1-2H3,(H,24,27)(H2,20,22,25)/t12-,14-/m1/s1. The summed E-state index contributed by atoms with van der Waals surface area (Å²) in [4.78, 5) is 26.3. The summed E-state index contributed by atoms with van der Waals surface area (Å²) in [6.45, 7) is 0.327. The first-order valence-electron chi connectivity index (χ1n) is 9.45. The van der Waals surface area contributed by atoms with Crippen LogP contribution in [-0.4, -0.2) is 51.9 Å². The third-order valence-corrected chi connectivity index (χ3v) is 5.29. The molecule has 1 fully saturated rings. The molecule has 1 aliphatic heterocycles. The van der Waals surface area contributed by atoms with E-state index in [1.807, 2.05) is 12.1 Å². The van der Waals surface area contributed by atoms with Gasteiger partial charge in [0.05, 0.1) is 37.2 Å². The number of hydrogen-bond donors (Lipinski definition) is 3. The molecule has 4 heterocycles. The maximum absolute atomic E-state index is 12.8. The van der Waals surface area contributed by atoms with Crippen LogP contribution in [0.4, 0.5) is 22.0 Å². The molecule has 150 valence electrons. The van der Waals surface area contributed by atoms with Crippen molar-refractivity contribution in [3.8, 4) is 5.88 Å². The Morgan fingerprint density at radius 2 is 2.17 bits per heavy atom. The number of carbonyl (C=O) groups excluding carboxylic acids is 1. The molecule has 2 atom stereocenters. The van der Waals surface area contributed by atoms with Gasteiger partial charge in [-0.3, -0.25) is 0 Å². The Hall–Kier alpha value is -3.40. The number of fused-ring (bicyclic) bond motifs is 4. The first-order valence-corrected chi connectivity index (χ1v) is 9.45. The molecular formula is C19H21N7O3. The molecule has 2 aliphatic rings. The van der Waals surface area contributed by atoms with Crippen LogP contribution < -0.4 is 20.7 Å². The van der Waals surface area contributed by atoms with Crippen molar-refractivity contribution in [2.24, 2.45) is 0 Å². The summed E-state index contributed by atoms with van der Waals surface area (Å²) in [5, 5.41) is 9.42. The SMILES string of the molecule is CNc1cc2nc3c1ncn3C(=O)N[C@@H]1CC[C@H]1OCc1cc(cc(OC)n1)N2. The van der Waals surface area contributed by atoms with E-state index in [9.17, 15) is 4.79 Å². The van der Waals surface area contributed by atoms with E-state index < -0.39 is 0 Å². The second-order valence-electron chi connectivity index (χ2n) is 7.09. The van der Waals surface area contributed by atoms with Crippen molar-refractivity contribution in [3.63, 3.8) is 0 Å². The lowest BCUT2D eigenvalue weighted by Gasteiger charge is -2.36. The Kier molecular flexibility index (Phi) is 4.20. The molecule has 5 rings (SSSR count). The number of pyridine rings is 2. The van der Waals surface area contributed by atoms with Crippen molar-refractivity contribution >= 4 is 34.4 Å². The Morgan fingerprint density at radius 3 is 2.93 bits per heavy atom. The fourth-order valence-corrected chi connectivity index (χ4v) is 3.61.